The molecule has 0 aliphatic carbocycles. The normalized spacial score (nSPS) is 19.9. The van der Waals surface area contributed by atoms with Crippen molar-refractivity contribution < 1.29 is 22.7 Å². The van der Waals surface area contributed by atoms with Crippen molar-refractivity contribution in [3.63, 3.8) is 0 Å². The zero-order valence-corrected chi connectivity index (χ0v) is 12.1. The Labute approximate surface area is 126 Å². The zero-order valence-electron chi connectivity index (χ0n) is 12.1. The molecule has 0 bridgehead atoms. The van der Waals surface area contributed by atoms with E-state index in [-0.39, 0.29) is 29.9 Å². The second-order valence-electron chi connectivity index (χ2n) is 5.26. The molecule has 1 aliphatic rings. The van der Waals surface area contributed by atoms with Crippen molar-refractivity contribution in [3.05, 3.63) is 23.8 Å². The van der Waals surface area contributed by atoms with Crippen LogP contribution in [-0.4, -0.2) is 43.2 Å². The van der Waals surface area contributed by atoms with Gasteiger partial charge in [0.1, 0.15) is 0 Å². The third kappa shape index (κ3) is 4.35. The molecule has 1 aliphatic heterocycles. The highest BCUT2D eigenvalue weighted by Gasteiger charge is 2.33. The van der Waals surface area contributed by atoms with Crippen molar-refractivity contribution in [3.8, 4) is 0 Å². The number of morpholine rings is 1. The van der Waals surface area contributed by atoms with E-state index in [1.54, 1.807) is 0 Å². The lowest BCUT2D eigenvalue weighted by Gasteiger charge is -2.30. The van der Waals surface area contributed by atoms with Crippen LogP contribution in [0.3, 0.4) is 0 Å². The molecule has 0 saturated carbocycles. The molecule has 8 heteroatoms. The van der Waals surface area contributed by atoms with Gasteiger partial charge in [-0.05, 0) is 25.1 Å². The van der Waals surface area contributed by atoms with Gasteiger partial charge in [0.2, 0.25) is 5.91 Å². The number of ether oxygens (including phenoxy) is 1. The topological polar surface area (TPSA) is 67.6 Å². The summed E-state index contributed by atoms with van der Waals surface area (Å²) in [6.45, 7) is 3.78. The highest BCUT2D eigenvalue weighted by molar-refractivity contribution is 5.92. The van der Waals surface area contributed by atoms with Gasteiger partial charge in [-0.25, -0.2) is 0 Å². The minimum absolute atomic E-state index is 0.0369. The molecule has 1 heterocycles. The van der Waals surface area contributed by atoms with Crippen molar-refractivity contribution in [1.82, 2.24) is 4.90 Å². The van der Waals surface area contributed by atoms with Crippen LogP contribution < -0.4 is 11.1 Å². The third-order valence-corrected chi connectivity index (χ3v) is 3.33. The monoisotopic (exact) mass is 317 g/mol. The maximum Gasteiger partial charge on any atom is 0.418 e. The maximum absolute atomic E-state index is 12.8. The first-order valence-electron chi connectivity index (χ1n) is 6.86. The van der Waals surface area contributed by atoms with Crippen LogP contribution in [0.2, 0.25) is 0 Å². The van der Waals surface area contributed by atoms with Crippen LogP contribution in [0.15, 0.2) is 18.2 Å². The highest BCUT2D eigenvalue weighted by atomic mass is 19.4. The number of hydrogen-bond donors (Lipinski definition) is 2. The molecule has 1 fully saturated rings. The Morgan fingerprint density at radius 2 is 2.23 bits per heavy atom. The number of nitrogen functional groups attached to an aromatic ring is 1. The minimum atomic E-state index is -4.55. The standard InChI is InChI=1S/C14H18F3N3O2/c1-9-7-20(4-5-22-9)8-13(21)19-10-2-3-12(18)11(6-10)14(15,16)17/h2-3,6,9H,4-5,7-8,18H2,1H3,(H,19,21). The fourth-order valence-electron chi connectivity index (χ4n) is 2.32. The number of amides is 1. The van der Waals surface area contributed by atoms with Crippen LogP contribution >= 0.6 is 0 Å². The van der Waals surface area contributed by atoms with Gasteiger partial charge in [-0.1, -0.05) is 0 Å². The van der Waals surface area contributed by atoms with Crippen LogP contribution in [0.5, 0.6) is 0 Å². The summed E-state index contributed by atoms with van der Waals surface area (Å²) in [6, 6.07) is 3.33. The van der Waals surface area contributed by atoms with Crippen LogP contribution in [0.1, 0.15) is 12.5 Å². The van der Waals surface area contributed by atoms with E-state index in [0.29, 0.717) is 19.7 Å². The zero-order chi connectivity index (χ0) is 16.3. The van der Waals surface area contributed by atoms with Crippen molar-refractivity contribution >= 4 is 17.3 Å². The fourth-order valence-corrected chi connectivity index (χ4v) is 2.32. The van der Waals surface area contributed by atoms with Crippen LogP contribution in [0, 0.1) is 0 Å². The van der Waals surface area contributed by atoms with Crippen molar-refractivity contribution in [2.45, 2.75) is 19.2 Å². The summed E-state index contributed by atoms with van der Waals surface area (Å²) >= 11 is 0. The number of nitrogens with one attached hydrogen (secondary N) is 1. The maximum atomic E-state index is 12.8. The molecule has 2 rings (SSSR count). The number of rotatable bonds is 3. The third-order valence-electron chi connectivity index (χ3n) is 3.33. The van der Waals surface area contributed by atoms with E-state index < -0.39 is 11.7 Å². The molecule has 1 unspecified atom stereocenters. The Bertz CT molecular complexity index is 549. The van der Waals surface area contributed by atoms with Gasteiger partial charge in [0.25, 0.3) is 0 Å². The summed E-state index contributed by atoms with van der Waals surface area (Å²) in [5.74, 6) is -0.369. The average Bonchev–Trinajstić information content (AvgIpc) is 2.39. The second kappa shape index (κ2) is 6.53. The van der Waals surface area contributed by atoms with Gasteiger partial charge < -0.3 is 15.8 Å². The Balaban J connectivity index is 1.99. The number of carbonyl (C=O) groups excluding carboxylic acids is 1. The summed E-state index contributed by atoms with van der Waals surface area (Å²) < 4.78 is 43.7. The van der Waals surface area contributed by atoms with E-state index in [2.05, 4.69) is 5.32 Å². The van der Waals surface area contributed by atoms with E-state index in [1.807, 2.05) is 11.8 Å². The first-order valence-corrected chi connectivity index (χ1v) is 6.86. The van der Waals surface area contributed by atoms with Gasteiger partial charge in [0.05, 0.1) is 24.8 Å². The molecular formula is C14H18F3N3O2. The lowest BCUT2D eigenvalue weighted by molar-refractivity contribution is -0.137. The minimum Gasteiger partial charge on any atom is -0.398 e. The summed E-state index contributed by atoms with van der Waals surface area (Å²) in [5, 5.41) is 2.47. The van der Waals surface area contributed by atoms with Crippen molar-refractivity contribution in [2.75, 3.05) is 37.3 Å². The first-order chi connectivity index (χ1) is 10.3. The molecule has 0 spiro atoms. The van der Waals surface area contributed by atoms with Gasteiger partial charge >= 0.3 is 6.18 Å². The van der Waals surface area contributed by atoms with Gasteiger partial charge in [-0.2, -0.15) is 13.2 Å². The Kier molecular flexibility index (Phi) is 4.92. The Hall–Kier alpha value is -1.80. The highest BCUT2D eigenvalue weighted by Crippen LogP contribution is 2.35. The molecule has 22 heavy (non-hydrogen) atoms. The number of halogens is 3. The lowest BCUT2D eigenvalue weighted by Crippen LogP contribution is -2.44. The largest absolute Gasteiger partial charge is 0.418 e. The molecule has 0 aromatic heterocycles. The molecule has 1 amide bonds. The smallest absolute Gasteiger partial charge is 0.398 e. The lowest BCUT2D eigenvalue weighted by atomic mass is 10.1. The van der Waals surface area contributed by atoms with E-state index in [9.17, 15) is 18.0 Å². The predicted octanol–water partition coefficient (Wildman–Crippen LogP) is 1.95. The van der Waals surface area contributed by atoms with E-state index in [4.69, 9.17) is 10.5 Å². The van der Waals surface area contributed by atoms with Gasteiger partial charge in [0, 0.05) is 24.5 Å². The molecule has 5 nitrogen and oxygen atoms in total. The molecule has 3 N–H and O–H groups in total. The van der Waals surface area contributed by atoms with Crippen molar-refractivity contribution in [2.24, 2.45) is 0 Å². The Morgan fingerprint density at radius 1 is 1.50 bits per heavy atom. The van der Waals surface area contributed by atoms with Gasteiger partial charge in [-0.3, -0.25) is 9.69 Å². The van der Waals surface area contributed by atoms with Crippen molar-refractivity contribution in [1.29, 1.82) is 0 Å². The second-order valence-corrected chi connectivity index (χ2v) is 5.26. The van der Waals surface area contributed by atoms with Crippen LogP contribution in [-0.2, 0) is 15.7 Å². The van der Waals surface area contributed by atoms with Crippen LogP contribution in [0.25, 0.3) is 0 Å². The number of hydrogen-bond acceptors (Lipinski definition) is 4. The van der Waals surface area contributed by atoms with Crippen LogP contribution in [0.4, 0.5) is 24.5 Å². The van der Waals surface area contributed by atoms with Gasteiger partial charge in [0.15, 0.2) is 0 Å². The molecule has 0 radical (unpaired) electrons. The Morgan fingerprint density at radius 3 is 2.86 bits per heavy atom. The summed E-state index contributed by atoms with van der Waals surface area (Å²) in [6.07, 6.45) is -4.51. The SMILES string of the molecule is CC1CN(CC(=O)Nc2ccc(N)c(C(F)(F)F)c2)CCO1. The average molecular weight is 317 g/mol. The molecule has 1 aromatic rings. The number of benzene rings is 1. The van der Waals surface area contributed by atoms with Gasteiger partial charge in [-0.15, -0.1) is 0 Å². The molecule has 1 aromatic carbocycles. The summed E-state index contributed by atoms with van der Waals surface area (Å²) in [7, 11) is 0. The molecule has 1 saturated heterocycles. The molecule has 1 atom stereocenters. The number of carbonyl (C=O) groups is 1. The fraction of sp³-hybridized carbons (Fsp3) is 0.500. The first kappa shape index (κ1) is 16.6. The summed E-state index contributed by atoms with van der Waals surface area (Å²) in [4.78, 5) is 13.8. The summed E-state index contributed by atoms with van der Waals surface area (Å²) in [5.41, 5.74) is 4.07. The predicted molar refractivity (Wildman–Crippen MR) is 76.3 cm³/mol. The number of anilines is 2. The van der Waals surface area contributed by atoms with E-state index in [0.717, 1.165) is 12.1 Å². The molecular weight excluding hydrogens is 299 g/mol. The number of nitrogens with two attached hydrogens (primary N) is 1. The number of nitrogens with zero attached hydrogens (tertiary/aromatic N) is 1. The quantitative estimate of drug-likeness (QED) is 0.836. The number of alkyl halides is 3. The van der Waals surface area contributed by atoms with E-state index in [1.165, 1.54) is 6.07 Å². The van der Waals surface area contributed by atoms with E-state index >= 15 is 0 Å². The molecule has 122 valence electrons.